The molecule has 0 spiro atoms. The zero-order chi connectivity index (χ0) is 36.9. The summed E-state index contributed by atoms with van der Waals surface area (Å²) >= 11 is 3.95. The molecule has 2 amide bonds. The molecule has 1 aromatic rings. The third-order valence-corrected chi connectivity index (χ3v) is 10.1. The Balaban J connectivity index is 1.60. The van der Waals surface area contributed by atoms with Gasteiger partial charge in [-0.3, -0.25) is 28.4 Å². The summed E-state index contributed by atoms with van der Waals surface area (Å²) < 4.78 is 60.6. The van der Waals surface area contributed by atoms with Crippen LogP contribution >= 0.6 is 36.1 Å². The van der Waals surface area contributed by atoms with E-state index in [9.17, 15) is 58.3 Å². The number of carbonyl (C=O) groups is 2. The first kappa shape index (κ1) is 41.4. The number of ether oxygens (including phenoxy) is 1. The van der Waals surface area contributed by atoms with Crippen LogP contribution in [0.15, 0.2) is 6.33 Å². The van der Waals surface area contributed by atoms with Gasteiger partial charge in [0.1, 0.15) is 37.4 Å². The number of hydroxylamine groups is 1. The number of fused-ring (bicyclic) bond motifs is 1. The van der Waals surface area contributed by atoms with Gasteiger partial charge in [0.25, 0.3) is 0 Å². The lowest BCUT2D eigenvalue weighted by Crippen LogP contribution is -2.46. The molecule has 24 nitrogen and oxygen atoms in total. The predicted octanol–water partition coefficient (Wildman–Crippen LogP) is -2.21. The van der Waals surface area contributed by atoms with Crippen LogP contribution in [-0.2, 0) is 45.9 Å². The van der Waals surface area contributed by atoms with Gasteiger partial charge >= 0.3 is 23.5 Å². The second-order valence-electron chi connectivity index (χ2n) is 11.2. The van der Waals surface area contributed by atoms with Crippen LogP contribution in [0.2, 0.25) is 0 Å². The number of rotatable bonds is 18. The van der Waals surface area contributed by atoms with Crippen molar-refractivity contribution in [3.8, 4) is 0 Å². The molecule has 0 aliphatic carbocycles. The van der Waals surface area contributed by atoms with Crippen molar-refractivity contribution in [3.63, 3.8) is 0 Å². The number of aliphatic hydroxyl groups excluding tert-OH is 2. The zero-order valence-corrected chi connectivity index (χ0v) is 29.4. The maximum Gasteiger partial charge on any atom is 0.481 e. The fourth-order valence-electron chi connectivity index (χ4n) is 4.43. The van der Waals surface area contributed by atoms with E-state index in [1.54, 1.807) is 0 Å². The first-order chi connectivity index (χ1) is 22.6. The molecule has 0 saturated carbocycles. The van der Waals surface area contributed by atoms with Crippen LogP contribution in [0.25, 0.3) is 0 Å². The number of nitrogens with zero attached hydrogens (tertiary/aromatic N) is 4. The summed E-state index contributed by atoms with van der Waals surface area (Å²) in [6.07, 6.45) is -8.15. The van der Waals surface area contributed by atoms with E-state index >= 15 is 0 Å². The Hall–Kier alpha value is -2.02. The van der Waals surface area contributed by atoms with Gasteiger partial charge in [-0.2, -0.15) is 16.9 Å². The molecule has 2 unspecified atom stereocenters. The van der Waals surface area contributed by atoms with Crippen LogP contribution in [0.5, 0.6) is 0 Å². The Bertz CT molecular complexity index is 1490. The van der Waals surface area contributed by atoms with E-state index in [-0.39, 0.29) is 36.2 Å². The van der Waals surface area contributed by atoms with E-state index < -0.39 is 85.3 Å². The fraction of sp³-hybridized carbons (Fsp3) is 0.714. The molecule has 0 aromatic carbocycles. The number of nitrogens with one attached hydrogen (secondary N) is 2. The van der Waals surface area contributed by atoms with E-state index in [0.717, 1.165) is 11.2 Å². The van der Waals surface area contributed by atoms with Crippen LogP contribution in [0.4, 0.5) is 17.3 Å². The van der Waals surface area contributed by atoms with Crippen molar-refractivity contribution in [2.75, 3.05) is 54.4 Å². The number of thiol groups is 1. The molecule has 1 saturated heterocycles. The number of carbonyl (C=O) groups excluding carboxylic acids is 2. The van der Waals surface area contributed by atoms with Crippen LogP contribution in [-0.4, -0.2) is 126 Å². The molecule has 0 radical (unpaired) electrons. The number of nitrogens with two attached hydrogens (primary N) is 1. The number of hydrogen-bond acceptors (Lipinski definition) is 19. The normalized spacial score (nSPS) is 24.2. The third-order valence-electron chi connectivity index (χ3n) is 6.81. The maximum absolute atomic E-state index is 12.6. The zero-order valence-electron chi connectivity index (χ0n) is 25.8. The van der Waals surface area contributed by atoms with Gasteiger partial charge in [0.05, 0.1) is 13.2 Å². The fourth-order valence-corrected chi connectivity index (χ4v) is 7.37. The molecule has 2 aliphatic rings. The summed E-state index contributed by atoms with van der Waals surface area (Å²) in [6, 6.07) is 0. The predicted molar refractivity (Wildman–Crippen MR) is 167 cm³/mol. The average Bonchev–Trinajstić information content (AvgIpc) is 3.48. The Morgan fingerprint density at radius 1 is 1.14 bits per heavy atom. The van der Waals surface area contributed by atoms with Gasteiger partial charge in [-0.25, -0.2) is 28.7 Å². The van der Waals surface area contributed by atoms with E-state index in [0.29, 0.717) is 17.4 Å². The van der Waals surface area contributed by atoms with Gasteiger partial charge in [0.2, 0.25) is 11.8 Å². The highest BCUT2D eigenvalue weighted by molar-refractivity contribution is 7.80. The van der Waals surface area contributed by atoms with E-state index in [1.807, 2.05) is 0 Å². The number of anilines is 3. The Labute approximate surface area is 283 Å². The number of hydrogen-bond donors (Lipinski definition) is 11. The maximum atomic E-state index is 12.6. The summed E-state index contributed by atoms with van der Waals surface area (Å²) in [4.78, 5) is 71.7. The van der Waals surface area contributed by atoms with Crippen molar-refractivity contribution in [2.45, 2.75) is 50.9 Å². The first-order valence-electron chi connectivity index (χ1n) is 14.0. The second kappa shape index (κ2) is 16.5. The molecule has 49 heavy (non-hydrogen) atoms. The lowest BCUT2D eigenvalue weighted by Gasteiger charge is -2.30. The quantitative estimate of drug-likeness (QED) is 0.0555. The summed E-state index contributed by atoms with van der Waals surface area (Å²) in [7, 11) is -16.4. The average molecular weight is 786 g/mol. The first-order valence-corrected chi connectivity index (χ1v) is 19.1. The molecule has 3 rings (SSSR count). The highest BCUT2D eigenvalue weighted by Crippen LogP contribution is 2.61. The monoisotopic (exact) mass is 785 g/mol. The molecule has 1 aromatic heterocycles. The smallest absolute Gasteiger partial charge is 0.386 e. The molecule has 1 fully saturated rings. The Morgan fingerprint density at radius 3 is 2.43 bits per heavy atom. The minimum atomic E-state index is -5.57. The standard InChI is InChI=1S/C21H38N7O17P3S/c1-21(2,16(31)19(32)24-4-3-12(29)23-5-6-49)8-42-48(39,40)45-47(37,38)41-7-11-15(44-46(34,35)36)14(30)20(43-11)27-10-28(33)13-17(22)25-9-26-18(13)27/h9,11,14-16,20,30-31,33,49H,3-8,10H2,1-2H3,(H,23,29)(H,24,32)(H,37,38)(H,39,40)(H2,22,25,26)(H2,34,35,36)/t11-,14-,15-,16+,20-/m1/s1. The topological polar surface area (TPSA) is 355 Å². The number of aliphatic hydroxyl groups is 2. The van der Waals surface area contributed by atoms with Crippen LogP contribution in [0.3, 0.4) is 0 Å². The Morgan fingerprint density at radius 2 is 1.80 bits per heavy atom. The van der Waals surface area contributed by atoms with Gasteiger partial charge in [0, 0.05) is 30.7 Å². The summed E-state index contributed by atoms with van der Waals surface area (Å²) in [5.41, 5.74) is 4.07. The number of nitrogen functional groups attached to an aromatic ring is 1. The van der Waals surface area contributed by atoms with Crippen molar-refractivity contribution in [1.29, 1.82) is 0 Å². The van der Waals surface area contributed by atoms with Crippen LogP contribution in [0, 0.1) is 5.41 Å². The van der Waals surface area contributed by atoms with Gasteiger partial charge in [-0.1, -0.05) is 13.8 Å². The minimum Gasteiger partial charge on any atom is -0.386 e. The van der Waals surface area contributed by atoms with Crippen molar-refractivity contribution in [1.82, 2.24) is 20.6 Å². The summed E-state index contributed by atoms with van der Waals surface area (Å²) in [5, 5.41) is 37.0. The summed E-state index contributed by atoms with van der Waals surface area (Å²) in [5.74, 6) is -1.16. The number of phosphoric ester groups is 3. The largest absolute Gasteiger partial charge is 0.481 e. The lowest BCUT2D eigenvalue weighted by atomic mass is 9.87. The molecule has 11 N–H and O–H groups in total. The molecule has 280 valence electrons. The molecule has 2 aliphatic heterocycles. The van der Waals surface area contributed by atoms with Crippen molar-refractivity contribution < 1.29 is 80.9 Å². The van der Waals surface area contributed by atoms with Crippen molar-refractivity contribution in [3.05, 3.63) is 6.33 Å². The molecule has 7 atom stereocenters. The molecular formula is C21H38N7O17P3S. The molecule has 0 bridgehead atoms. The van der Waals surface area contributed by atoms with Crippen LogP contribution in [0.1, 0.15) is 20.3 Å². The highest BCUT2D eigenvalue weighted by atomic mass is 32.1. The molecule has 3 heterocycles. The Kier molecular flexibility index (Phi) is 14.0. The number of phosphoric acid groups is 3. The highest BCUT2D eigenvalue weighted by Gasteiger charge is 2.53. The van der Waals surface area contributed by atoms with E-state index in [2.05, 4.69) is 42.1 Å². The van der Waals surface area contributed by atoms with Gasteiger partial charge in [0.15, 0.2) is 23.6 Å². The van der Waals surface area contributed by atoms with Crippen molar-refractivity contribution >= 4 is 65.2 Å². The lowest BCUT2D eigenvalue weighted by molar-refractivity contribution is -0.137. The van der Waals surface area contributed by atoms with E-state index in [1.165, 1.54) is 13.8 Å². The van der Waals surface area contributed by atoms with E-state index in [4.69, 9.17) is 19.5 Å². The number of amides is 2. The number of aromatic nitrogens is 2. The summed E-state index contributed by atoms with van der Waals surface area (Å²) in [6.45, 7) is 0.202. The molecular weight excluding hydrogens is 747 g/mol. The SMILES string of the molecule is CC(C)(COP(=O)(O)OP(=O)(O)OC[C@H]1O[C@@H](N2CN(O)c3c(N)ncnc32)[C@H](O)[C@@H]1OP(=O)(O)O)[C@@H](O)C(=O)NCCC(=O)NCCS. The van der Waals surface area contributed by atoms with Gasteiger partial charge in [-0.05, 0) is 0 Å². The van der Waals surface area contributed by atoms with Gasteiger partial charge in [-0.15, -0.1) is 0 Å². The third kappa shape index (κ3) is 11.5. The van der Waals surface area contributed by atoms with Crippen LogP contribution < -0.4 is 26.3 Å². The molecule has 28 heteroatoms. The van der Waals surface area contributed by atoms with Gasteiger partial charge < -0.3 is 55.8 Å². The van der Waals surface area contributed by atoms with Crippen molar-refractivity contribution in [2.24, 2.45) is 5.41 Å². The second-order valence-corrected chi connectivity index (χ2v) is 15.8. The minimum absolute atomic E-state index is 0.0667.